The molecule has 0 bridgehead atoms. The van der Waals surface area contributed by atoms with E-state index in [1.807, 2.05) is 6.92 Å². The average Bonchev–Trinajstić information content (AvgIpc) is 2.36. The van der Waals surface area contributed by atoms with E-state index in [2.05, 4.69) is 21.2 Å². The molecule has 0 aliphatic rings. The molecule has 0 heterocycles. The molecule has 0 aromatic heterocycles. The Kier molecular flexibility index (Phi) is 4.14. The lowest BCUT2D eigenvalue weighted by Crippen LogP contribution is -2.04. The van der Waals surface area contributed by atoms with Crippen molar-refractivity contribution in [3.05, 3.63) is 63.4 Å². The Labute approximate surface area is 117 Å². The third kappa shape index (κ3) is 3.29. The van der Waals surface area contributed by atoms with E-state index in [4.69, 9.17) is 0 Å². The van der Waals surface area contributed by atoms with Crippen LogP contribution in [-0.4, -0.2) is 0 Å². The van der Waals surface area contributed by atoms with Gasteiger partial charge in [-0.25, -0.2) is 13.2 Å². The van der Waals surface area contributed by atoms with Gasteiger partial charge in [-0.3, -0.25) is 0 Å². The number of rotatable bonds is 3. The second-order valence-electron chi connectivity index (χ2n) is 4.19. The molecule has 0 saturated heterocycles. The lowest BCUT2D eigenvalue weighted by Gasteiger charge is -2.10. The molecule has 0 aliphatic heterocycles. The van der Waals surface area contributed by atoms with Gasteiger partial charge in [0.2, 0.25) is 0 Å². The number of halogens is 4. The molecule has 5 heteroatoms. The van der Waals surface area contributed by atoms with Crippen LogP contribution in [0.5, 0.6) is 0 Å². The van der Waals surface area contributed by atoms with Crippen LogP contribution in [0.1, 0.15) is 11.1 Å². The highest BCUT2D eigenvalue weighted by Crippen LogP contribution is 2.24. The summed E-state index contributed by atoms with van der Waals surface area (Å²) >= 11 is 2.89. The van der Waals surface area contributed by atoms with E-state index in [0.717, 1.165) is 17.7 Å². The van der Waals surface area contributed by atoms with Crippen LogP contribution in [0.2, 0.25) is 0 Å². The van der Waals surface area contributed by atoms with Crippen molar-refractivity contribution >= 4 is 21.6 Å². The van der Waals surface area contributed by atoms with Gasteiger partial charge in [0.05, 0.1) is 10.2 Å². The maximum absolute atomic E-state index is 13.6. The number of anilines is 1. The lowest BCUT2D eigenvalue weighted by molar-refractivity contribution is 0.594. The number of aryl methyl sites for hydroxylation is 1. The van der Waals surface area contributed by atoms with Gasteiger partial charge in [-0.2, -0.15) is 0 Å². The molecular weight excluding hydrogens is 319 g/mol. The first kappa shape index (κ1) is 13.9. The van der Waals surface area contributed by atoms with E-state index in [1.165, 1.54) is 6.07 Å². The van der Waals surface area contributed by atoms with E-state index in [0.29, 0.717) is 5.56 Å². The molecule has 2 rings (SSSR count). The van der Waals surface area contributed by atoms with Crippen LogP contribution in [0.25, 0.3) is 0 Å². The maximum Gasteiger partial charge on any atom is 0.147 e. The molecule has 0 fully saturated rings. The lowest BCUT2D eigenvalue weighted by atomic mass is 10.1. The summed E-state index contributed by atoms with van der Waals surface area (Å²) in [5, 5.41) is 2.69. The van der Waals surface area contributed by atoms with Crippen molar-refractivity contribution in [3.8, 4) is 0 Å². The van der Waals surface area contributed by atoms with Crippen LogP contribution >= 0.6 is 15.9 Å². The van der Waals surface area contributed by atoms with Crippen molar-refractivity contribution < 1.29 is 13.2 Å². The van der Waals surface area contributed by atoms with E-state index < -0.39 is 11.6 Å². The molecule has 0 saturated carbocycles. The quantitative estimate of drug-likeness (QED) is 0.798. The molecule has 2 aromatic carbocycles. The zero-order chi connectivity index (χ0) is 14.0. The highest BCUT2D eigenvalue weighted by Gasteiger charge is 2.09. The zero-order valence-electron chi connectivity index (χ0n) is 10.1. The van der Waals surface area contributed by atoms with Crippen molar-refractivity contribution in [2.45, 2.75) is 13.5 Å². The van der Waals surface area contributed by atoms with E-state index in [-0.39, 0.29) is 22.5 Å². The van der Waals surface area contributed by atoms with E-state index in [9.17, 15) is 13.2 Å². The minimum absolute atomic E-state index is 0.00149. The van der Waals surface area contributed by atoms with Crippen LogP contribution in [0.4, 0.5) is 18.9 Å². The molecule has 0 amide bonds. The zero-order valence-corrected chi connectivity index (χ0v) is 11.7. The van der Waals surface area contributed by atoms with Gasteiger partial charge in [0.15, 0.2) is 0 Å². The highest BCUT2D eigenvalue weighted by molar-refractivity contribution is 9.10. The molecule has 0 aliphatic carbocycles. The van der Waals surface area contributed by atoms with Crippen molar-refractivity contribution in [2.24, 2.45) is 0 Å². The number of benzene rings is 2. The Hall–Kier alpha value is -1.49. The fourth-order valence-corrected chi connectivity index (χ4v) is 2.00. The SMILES string of the molecule is Cc1ccc(F)c(CNc2cc(F)c(Br)cc2F)c1. The predicted molar refractivity (Wildman–Crippen MR) is 72.5 cm³/mol. The summed E-state index contributed by atoms with van der Waals surface area (Å²) in [7, 11) is 0. The number of hydrogen-bond acceptors (Lipinski definition) is 1. The summed E-state index contributed by atoms with van der Waals surface area (Å²) in [6.45, 7) is 1.92. The largest absolute Gasteiger partial charge is 0.378 e. The van der Waals surface area contributed by atoms with Gasteiger partial charge < -0.3 is 5.32 Å². The molecule has 1 N–H and O–H groups in total. The van der Waals surface area contributed by atoms with E-state index in [1.54, 1.807) is 12.1 Å². The molecule has 2 aromatic rings. The van der Waals surface area contributed by atoms with Crippen molar-refractivity contribution in [3.63, 3.8) is 0 Å². The monoisotopic (exact) mass is 329 g/mol. The Balaban J connectivity index is 2.19. The Bertz CT molecular complexity index is 614. The second kappa shape index (κ2) is 5.65. The second-order valence-corrected chi connectivity index (χ2v) is 5.05. The van der Waals surface area contributed by atoms with Crippen LogP contribution in [0, 0.1) is 24.4 Å². The van der Waals surface area contributed by atoms with Gasteiger partial charge in [0, 0.05) is 18.2 Å². The highest BCUT2D eigenvalue weighted by atomic mass is 79.9. The molecule has 0 spiro atoms. The van der Waals surface area contributed by atoms with Crippen LogP contribution in [0.3, 0.4) is 0 Å². The summed E-state index contributed by atoms with van der Waals surface area (Å²) < 4.78 is 40.4. The Morgan fingerprint density at radius 2 is 1.74 bits per heavy atom. The van der Waals surface area contributed by atoms with Gasteiger partial charge in [-0.15, -0.1) is 0 Å². The summed E-state index contributed by atoms with van der Waals surface area (Å²) in [4.78, 5) is 0. The fraction of sp³-hybridized carbons (Fsp3) is 0.143. The number of hydrogen-bond donors (Lipinski definition) is 1. The summed E-state index contributed by atoms with van der Waals surface area (Å²) in [6.07, 6.45) is 0. The fourth-order valence-electron chi connectivity index (χ4n) is 1.69. The van der Waals surface area contributed by atoms with Crippen molar-refractivity contribution in [1.29, 1.82) is 0 Å². The van der Waals surface area contributed by atoms with E-state index >= 15 is 0 Å². The molecule has 0 atom stereocenters. The standard InChI is InChI=1S/C14H11BrF3N/c1-8-2-3-11(16)9(4-8)7-19-14-6-12(17)10(15)5-13(14)18/h2-6,19H,7H2,1H3. The van der Waals surface area contributed by atoms with Gasteiger partial charge in [-0.1, -0.05) is 17.7 Å². The first-order chi connectivity index (χ1) is 8.97. The first-order valence-corrected chi connectivity index (χ1v) is 6.40. The molecule has 0 unspecified atom stereocenters. The molecule has 19 heavy (non-hydrogen) atoms. The van der Waals surface area contributed by atoms with Gasteiger partial charge >= 0.3 is 0 Å². The smallest absolute Gasteiger partial charge is 0.147 e. The maximum atomic E-state index is 13.6. The molecule has 0 radical (unpaired) electrons. The predicted octanol–water partition coefficient (Wildman–Crippen LogP) is 4.79. The molecule has 1 nitrogen and oxygen atoms in total. The van der Waals surface area contributed by atoms with Crippen LogP contribution < -0.4 is 5.32 Å². The summed E-state index contributed by atoms with van der Waals surface area (Å²) in [5.74, 6) is -1.55. The Morgan fingerprint density at radius 1 is 1.00 bits per heavy atom. The van der Waals surface area contributed by atoms with Gasteiger partial charge in [0.1, 0.15) is 17.5 Å². The third-order valence-electron chi connectivity index (χ3n) is 2.68. The Morgan fingerprint density at radius 3 is 2.47 bits per heavy atom. The van der Waals surface area contributed by atoms with Crippen molar-refractivity contribution in [2.75, 3.05) is 5.32 Å². The van der Waals surface area contributed by atoms with Crippen molar-refractivity contribution in [1.82, 2.24) is 0 Å². The minimum atomic E-state index is -0.596. The summed E-state index contributed by atoms with van der Waals surface area (Å²) in [5.41, 5.74) is 1.31. The minimum Gasteiger partial charge on any atom is -0.378 e. The van der Waals surface area contributed by atoms with Gasteiger partial charge in [-0.05, 0) is 35.0 Å². The van der Waals surface area contributed by atoms with Gasteiger partial charge in [0.25, 0.3) is 0 Å². The third-order valence-corrected chi connectivity index (χ3v) is 3.29. The first-order valence-electron chi connectivity index (χ1n) is 5.61. The van der Waals surface area contributed by atoms with Crippen LogP contribution in [-0.2, 0) is 6.54 Å². The molecular formula is C14H11BrF3N. The molecule has 100 valence electrons. The normalized spacial score (nSPS) is 10.6. The number of nitrogens with one attached hydrogen (secondary N) is 1. The summed E-state index contributed by atoms with van der Waals surface area (Å²) in [6, 6.07) is 6.73. The average molecular weight is 330 g/mol. The topological polar surface area (TPSA) is 12.0 Å². The van der Waals surface area contributed by atoms with Crippen LogP contribution in [0.15, 0.2) is 34.8 Å².